The normalized spacial score (nSPS) is 10.3. The maximum absolute atomic E-state index is 13.1. The number of rotatable bonds is 5. The molecule has 0 bridgehead atoms. The van der Waals surface area contributed by atoms with Crippen LogP contribution in [0.25, 0.3) is 0 Å². The number of halogens is 2. The van der Waals surface area contributed by atoms with Gasteiger partial charge in [0.25, 0.3) is 0 Å². The van der Waals surface area contributed by atoms with Crippen LogP contribution in [0.1, 0.15) is 12.5 Å². The molecule has 24 heavy (non-hydrogen) atoms. The second-order valence-electron chi connectivity index (χ2n) is 5.07. The number of carbonyl (C=O) groups excluding carboxylic acids is 2. The third kappa shape index (κ3) is 4.79. The van der Waals surface area contributed by atoms with Gasteiger partial charge in [0.2, 0.25) is 11.8 Å². The van der Waals surface area contributed by atoms with Crippen molar-refractivity contribution in [2.24, 2.45) is 0 Å². The summed E-state index contributed by atoms with van der Waals surface area (Å²) in [4.78, 5) is 23.7. The van der Waals surface area contributed by atoms with Gasteiger partial charge < -0.3 is 10.6 Å². The second-order valence-corrected chi connectivity index (χ2v) is 6.12. The minimum Gasteiger partial charge on any atom is -0.326 e. The number of hydrogen-bond donors (Lipinski definition) is 2. The summed E-state index contributed by atoms with van der Waals surface area (Å²) >= 11 is 1.10. The van der Waals surface area contributed by atoms with Crippen LogP contribution in [0.3, 0.4) is 0 Å². The molecule has 0 aliphatic heterocycles. The van der Waals surface area contributed by atoms with Crippen molar-refractivity contribution < 1.29 is 18.4 Å². The highest BCUT2D eigenvalue weighted by atomic mass is 32.2. The van der Waals surface area contributed by atoms with Gasteiger partial charge in [0.15, 0.2) is 11.6 Å². The maximum atomic E-state index is 13.1. The number of thioether (sulfide) groups is 1. The first-order valence-electron chi connectivity index (χ1n) is 7.11. The van der Waals surface area contributed by atoms with Crippen molar-refractivity contribution in [3.05, 3.63) is 53.6 Å². The summed E-state index contributed by atoms with van der Waals surface area (Å²) in [5, 5.41) is 5.42. The molecule has 2 amide bonds. The summed E-state index contributed by atoms with van der Waals surface area (Å²) < 4.78 is 26.0. The van der Waals surface area contributed by atoms with Gasteiger partial charge in [-0.3, -0.25) is 9.59 Å². The van der Waals surface area contributed by atoms with Crippen LogP contribution in [0.5, 0.6) is 0 Å². The summed E-state index contributed by atoms with van der Waals surface area (Å²) in [5.74, 6) is -2.30. The SMILES string of the molecule is CC(=O)Nc1cccc(NC(=O)CSc2ccc(F)c(F)c2)c1C. The molecule has 2 aromatic rings. The molecule has 0 aliphatic carbocycles. The van der Waals surface area contributed by atoms with Crippen LogP contribution >= 0.6 is 11.8 Å². The van der Waals surface area contributed by atoms with Crippen LogP contribution in [0.2, 0.25) is 0 Å². The zero-order chi connectivity index (χ0) is 17.7. The van der Waals surface area contributed by atoms with Gasteiger partial charge in [0.05, 0.1) is 5.75 Å². The highest BCUT2D eigenvalue weighted by Crippen LogP contribution is 2.24. The highest BCUT2D eigenvalue weighted by molar-refractivity contribution is 8.00. The predicted molar refractivity (Wildman–Crippen MR) is 91.2 cm³/mol. The van der Waals surface area contributed by atoms with Crippen molar-refractivity contribution in [2.45, 2.75) is 18.7 Å². The summed E-state index contributed by atoms with van der Waals surface area (Å²) in [7, 11) is 0. The smallest absolute Gasteiger partial charge is 0.234 e. The lowest BCUT2D eigenvalue weighted by Gasteiger charge is -2.12. The lowest BCUT2D eigenvalue weighted by molar-refractivity contribution is -0.114. The molecule has 126 valence electrons. The topological polar surface area (TPSA) is 58.2 Å². The van der Waals surface area contributed by atoms with E-state index in [1.54, 1.807) is 25.1 Å². The number of hydrogen-bond acceptors (Lipinski definition) is 3. The first-order valence-corrected chi connectivity index (χ1v) is 8.10. The second kappa shape index (κ2) is 7.92. The number of benzene rings is 2. The Labute approximate surface area is 142 Å². The van der Waals surface area contributed by atoms with Crippen LogP contribution in [-0.4, -0.2) is 17.6 Å². The summed E-state index contributed by atoms with van der Waals surface area (Å²) in [6.07, 6.45) is 0. The molecule has 4 nitrogen and oxygen atoms in total. The van der Waals surface area contributed by atoms with Gasteiger partial charge >= 0.3 is 0 Å². The van der Waals surface area contributed by atoms with Gasteiger partial charge in [-0.1, -0.05) is 6.07 Å². The van der Waals surface area contributed by atoms with E-state index >= 15 is 0 Å². The molecular formula is C17H16F2N2O2S. The quantitative estimate of drug-likeness (QED) is 0.803. The van der Waals surface area contributed by atoms with Crippen LogP contribution in [0, 0.1) is 18.6 Å². The Kier molecular flexibility index (Phi) is 5.92. The zero-order valence-electron chi connectivity index (χ0n) is 13.2. The molecule has 2 rings (SSSR count). The van der Waals surface area contributed by atoms with Crippen molar-refractivity contribution in [2.75, 3.05) is 16.4 Å². The van der Waals surface area contributed by atoms with Crippen LogP contribution in [0.4, 0.5) is 20.2 Å². The van der Waals surface area contributed by atoms with Gasteiger partial charge in [-0.25, -0.2) is 8.78 Å². The van der Waals surface area contributed by atoms with Crippen molar-refractivity contribution in [1.29, 1.82) is 0 Å². The standard InChI is InChI=1S/C17H16F2N2O2S/c1-10-15(20-11(2)22)4-3-5-16(10)21-17(23)9-24-12-6-7-13(18)14(19)8-12/h3-8H,9H2,1-2H3,(H,20,22)(H,21,23). The molecule has 0 saturated carbocycles. The predicted octanol–water partition coefficient (Wildman–Crippen LogP) is 3.96. The van der Waals surface area contributed by atoms with E-state index in [0.717, 1.165) is 29.5 Å². The van der Waals surface area contributed by atoms with Gasteiger partial charge in [0, 0.05) is 23.2 Å². The Morgan fingerprint density at radius 1 is 1.04 bits per heavy atom. The van der Waals surface area contributed by atoms with E-state index in [1.165, 1.54) is 13.0 Å². The van der Waals surface area contributed by atoms with Gasteiger partial charge in [-0.2, -0.15) is 0 Å². The molecule has 0 atom stereocenters. The average Bonchev–Trinajstić information content (AvgIpc) is 2.52. The first-order chi connectivity index (χ1) is 11.4. The van der Waals surface area contributed by atoms with Crippen molar-refractivity contribution in [3.8, 4) is 0 Å². The van der Waals surface area contributed by atoms with Gasteiger partial charge in [-0.15, -0.1) is 11.8 Å². The summed E-state index contributed by atoms with van der Waals surface area (Å²) in [6, 6.07) is 8.67. The van der Waals surface area contributed by atoms with Crippen molar-refractivity contribution in [1.82, 2.24) is 0 Å². The Balaban J connectivity index is 1.99. The van der Waals surface area contributed by atoms with Crippen molar-refractivity contribution >= 4 is 35.0 Å². The number of anilines is 2. The van der Waals surface area contributed by atoms with E-state index in [9.17, 15) is 18.4 Å². The van der Waals surface area contributed by atoms with E-state index in [2.05, 4.69) is 10.6 Å². The Hall–Kier alpha value is -2.41. The summed E-state index contributed by atoms with van der Waals surface area (Å²) in [6.45, 7) is 3.19. The number of amides is 2. The third-order valence-corrected chi connectivity index (χ3v) is 4.17. The number of carbonyl (C=O) groups is 2. The lowest BCUT2D eigenvalue weighted by Crippen LogP contribution is -2.16. The molecule has 0 aliphatic rings. The molecule has 0 aromatic heterocycles. The van der Waals surface area contributed by atoms with E-state index < -0.39 is 11.6 Å². The van der Waals surface area contributed by atoms with Crippen LogP contribution in [-0.2, 0) is 9.59 Å². The van der Waals surface area contributed by atoms with Crippen LogP contribution < -0.4 is 10.6 Å². The largest absolute Gasteiger partial charge is 0.326 e. The Morgan fingerprint density at radius 3 is 2.33 bits per heavy atom. The van der Waals surface area contributed by atoms with E-state index in [0.29, 0.717) is 16.3 Å². The molecule has 0 saturated heterocycles. The average molecular weight is 350 g/mol. The molecule has 0 heterocycles. The molecular weight excluding hydrogens is 334 g/mol. The van der Waals surface area contributed by atoms with Crippen molar-refractivity contribution in [3.63, 3.8) is 0 Å². The highest BCUT2D eigenvalue weighted by Gasteiger charge is 2.10. The fourth-order valence-corrected chi connectivity index (χ4v) is 2.72. The summed E-state index contributed by atoms with van der Waals surface area (Å²) in [5.41, 5.74) is 1.93. The Bertz CT molecular complexity index is 781. The maximum Gasteiger partial charge on any atom is 0.234 e. The zero-order valence-corrected chi connectivity index (χ0v) is 14.0. The molecule has 0 spiro atoms. The minimum atomic E-state index is -0.945. The monoisotopic (exact) mass is 350 g/mol. The lowest BCUT2D eigenvalue weighted by atomic mass is 10.1. The van der Waals surface area contributed by atoms with Crippen LogP contribution in [0.15, 0.2) is 41.3 Å². The fraction of sp³-hybridized carbons (Fsp3) is 0.176. The fourth-order valence-electron chi connectivity index (χ4n) is 2.00. The molecule has 7 heteroatoms. The minimum absolute atomic E-state index is 0.0505. The number of nitrogens with one attached hydrogen (secondary N) is 2. The molecule has 2 aromatic carbocycles. The third-order valence-electron chi connectivity index (χ3n) is 3.18. The van der Waals surface area contributed by atoms with E-state index in [1.807, 2.05) is 0 Å². The molecule has 0 unspecified atom stereocenters. The van der Waals surface area contributed by atoms with Gasteiger partial charge in [-0.05, 0) is 42.8 Å². The van der Waals surface area contributed by atoms with E-state index in [4.69, 9.17) is 0 Å². The van der Waals surface area contributed by atoms with E-state index in [-0.39, 0.29) is 17.6 Å². The Morgan fingerprint density at radius 2 is 1.71 bits per heavy atom. The molecule has 0 radical (unpaired) electrons. The molecule has 2 N–H and O–H groups in total. The first kappa shape index (κ1) is 17.9. The van der Waals surface area contributed by atoms with Gasteiger partial charge in [0.1, 0.15) is 0 Å². The molecule has 0 fully saturated rings.